The van der Waals surface area contributed by atoms with Gasteiger partial charge in [0.05, 0.1) is 17.0 Å². The van der Waals surface area contributed by atoms with Crippen molar-refractivity contribution in [2.75, 3.05) is 23.7 Å². The maximum atomic E-state index is 13.5. The van der Waals surface area contributed by atoms with Gasteiger partial charge in [-0.3, -0.25) is 13.9 Å². The second kappa shape index (κ2) is 12.1. The molecule has 1 fully saturated rings. The standard InChI is InChI=1S/C25H31Cl2N3O4S/c1-18(25(32)28-21-10-6-7-11-21)29(15-14-19-8-4-3-5-9-19)24(31)17-30(35(2,33)34)23-13-12-20(26)16-22(23)27/h3-5,8-9,12-13,16,18,21H,6-7,10-11,14-15,17H2,1-2H3,(H,28,32)/t18-/m1/s1. The molecule has 2 aromatic carbocycles. The van der Waals surface area contributed by atoms with Gasteiger partial charge in [-0.25, -0.2) is 8.42 Å². The van der Waals surface area contributed by atoms with Crippen LogP contribution in [0.2, 0.25) is 10.0 Å². The van der Waals surface area contributed by atoms with Gasteiger partial charge >= 0.3 is 0 Å². The van der Waals surface area contributed by atoms with Gasteiger partial charge in [-0.05, 0) is 49.9 Å². The summed E-state index contributed by atoms with van der Waals surface area (Å²) in [6.07, 6.45) is 5.52. The minimum Gasteiger partial charge on any atom is -0.352 e. The quantitative estimate of drug-likeness (QED) is 0.488. The topological polar surface area (TPSA) is 86.8 Å². The van der Waals surface area contributed by atoms with Crippen LogP contribution in [0, 0.1) is 0 Å². The maximum absolute atomic E-state index is 13.5. The predicted molar refractivity (Wildman–Crippen MR) is 140 cm³/mol. The molecule has 1 aliphatic carbocycles. The van der Waals surface area contributed by atoms with Crippen LogP contribution in [0.4, 0.5) is 5.69 Å². The van der Waals surface area contributed by atoms with Crippen molar-refractivity contribution >= 4 is 50.7 Å². The van der Waals surface area contributed by atoms with E-state index >= 15 is 0 Å². The van der Waals surface area contributed by atoms with Gasteiger partial charge in [0, 0.05) is 17.6 Å². The zero-order chi connectivity index (χ0) is 25.6. The molecule has 7 nitrogen and oxygen atoms in total. The lowest BCUT2D eigenvalue weighted by atomic mass is 10.1. The highest BCUT2D eigenvalue weighted by atomic mass is 35.5. The van der Waals surface area contributed by atoms with E-state index in [1.54, 1.807) is 6.92 Å². The highest BCUT2D eigenvalue weighted by Gasteiger charge is 2.31. The van der Waals surface area contributed by atoms with E-state index in [1.807, 2.05) is 30.3 Å². The third-order valence-electron chi connectivity index (χ3n) is 6.21. The van der Waals surface area contributed by atoms with Gasteiger partial charge in [-0.15, -0.1) is 0 Å². The van der Waals surface area contributed by atoms with Gasteiger partial charge in [0.25, 0.3) is 0 Å². The monoisotopic (exact) mass is 539 g/mol. The molecule has 190 valence electrons. The van der Waals surface area contributed by atoms with Crippen LogP contribution in [0.3, 0.4) is 0 Å². The number of halogens is 2. The lowest BCUT2D eigenvalue weighted by molar-refractivity contribution is -0.139. The molecule has 3 rings (SSSR count). The van der Waals surface area contributed by atoms with Crippen molar-refractivity contribution in [3.05, 3.63) is 64.1 Å². The van der Waals surface area contributed by atoms with Crippen molar-refractivity contribution in [3.8, 4) is 0 Å². The van der Waals surface area contributed by atoms with Crippen molar-refractivity contribution < 1.29 is 18.0 Å². The fraction of sp³-hybridized carbons (Fsp3) is 0.440. The molecule has 1 N–H and O–H groups in total. The van der Waals surface area contributed by atoms with E-state index < -0.39 is 28.5 Å². The first kappa shape index (κ1) is 27.3. The SMILES string of the molecule is C[C@H](C(=O)NC1CCCC1)N(CCc1ccccc1)C(=O)CN(c1ccc(Cl)cc1Cl)S(C)(=O)=O. The third-order valence-corrected chi connectivity index (χ3v) is 7.87. The van der Waals surface area contributed by atoms with Gasteiger partial charge in [0.1, 0.15) is 12.6 Å². The van der Waals surface area contributed by atoms with Gasteiger partial charge in [0.2, 0.25) is 21.8 Å². The van der Waals surface area contributed by atoms with Crippen LogP contribution in [-0.2, 0) is 26.0 Å². The van der Waals surface area contributed by atoms with E-state index in [0.29, 0.717) is 11.4 Å². The highest BCUT2D eigenvalue weighted by Crippen LogP contribution is 2.30. The molecular formula is C25H31Cl2N3O4S. The summed E-state index contributed by atoms with van der Waals surface area (Å²) in [7, 11) is -3.86. The number of rotatable bonds is 10. The molecule has 1 aliphatic rings. The molecule has 0 unspecified atom stereocenters. The first-order valence-corrected chi connectivity index (χ1v) is 14.2. The Balaban J connectivity index is 1.84. The Morgan fingerprint density at radius 3 is 2.34 bits per heavy atom. The number of hydrogen-bond donors (Lipinski definition) is 1. The van der Waals surface area contributed by atoms with Crippen molar-refractivity contribution in [1.29, 1.82) is 0 Å². The summed E-state index contributed by atoms with van der Waals surface area (Å²) in [6.45, 7) is 1.44. The number of anilines is 1. The maximum Gasteiger partial charge on any atom is 0.244 e. The Morgan fingerprint density at radius 1 is 1.09 bits per heavy atom. The normalized spacial score (nSPS) is 15.0. The smallest absolute Gasteiger partial charge is 0.244 e. The van der Waals surface area contributed by atoms with Crippen LogP contribution in [0.1, 0.15) is 38.2 Å². The second-order valence-electron chi connectivity index (χ2n) is 8.85. The van der Waals surface area contributed by atoms with Gasteiger partial charge < -0.3 is 10.2 Å². The van der Waals surface area contributed by atoms with E-state index in [1.165, 1.54) is 23.1 Å². The first-order valence-electron chi connectivity index (χ1n) is 11.6. The lowest BCUT2D eigenvalue weighted by Gasteiger charge is -2.32. The van der Waals surface area contributed by atoms with Crippen molar-refractivity contribution in [1.82, 2.24) is 10.2 Å². The number of sulfonamides is 1. The number of carbonyl (C=O) groups excluding carboxylic acids is 2. The molecule has 0 aliphatic heterocycles. The molecule has 0 heterocycles. The molecule has 0 aromatic heterocycles. The lowest BCUT2D eigenvalue weighted by Crippen LogP contribution is -2.53. The number of nitrogens with one attached hydrogen (secondary N) is 1. The fourth-order valence-corrected chi connectivity index (χ4v) is 5.66. The summed E-state index contributed by atoms with van der Waals surface area (Å²) in [5.41, 5.74) is 1.16. The molecule has 1 atom stereocenters. The molecule has 0 spiro atoms. The van der Waals surface area contributed by atoms with Gasteiger partial charge in [-0.2, -0.15) is 0 Å². The van der Waals surface area contributed by atoms with E-state index in [9.17, 15) is 18.0 Å². The Labute approximate surface area is 217 Å². The predicted octanol–water partition coefficient (Wildman–Crippen LogP) is 4.28. The Kier molecular flexibility index (Phi) is 9.44. The molecule has 0 saturated heterocycles. The zero-order valence-corrected chi connectivity index (χ0v) is 22.2. The minimum atomic E-state index is -3.86. The Hall–Kier alpha value is -2.29. The molecular weight excluding hydrogens is 509 g/mol. The van der Waals surface area contributed by atoms with Crippen LogP contribution in [0.5, 0.6) is 0 Å². The molecule has 1 saturated carbocycles. The number of amides is 2. The average Bonchev–Trinajstić information content (AvgIpc) is 3.31. The fourth-order valence-electron chi connectivity index (χ4n) is 4.24. The average molecular weight is 541 g/mol. The van der Waals surface area contributed by atoms with Crippen molar-refractivity contribution in [2.24, 2.45) is 0 Å². The summed E-state index contributed by atoms with van der Waals surface area (Å²) >= 11 is 12.2. The molecule has 2 aromatic rings. The third kappa shape index (κ3) is 7.59. The summed E-state index contributed by atoms with van der Waals surface area (Å²) in [6, 6.07) is 13.3. The van der Waals surface area contributed by atoms with Crippen molar-refractivity contribution in [2.45, 2.75) is 51.1 Å². The van der Waals surface area contributed by atoms with Gasteiger partial charge in [0.15, 0.2) is 0 Å². The van der Waals surface area contributed by atoms with E-state index in [2.05, 4.69) is 5.32 Å². The van der Waals surface area contributed by atoms with Crippen LogP contribution in [0.15, 0.2) is 48.5 Å². The molecule has 0 bridgehead atoms. The summed E-state index contributed by atoms with van der Waals surface area (Å²) < 4.78 is 26.2. The second-order valence-corrected chi connectivity index (χ2v) is 11.6. The zero-order valence-electron chi connectivity index (χ0n) is 19.9. The van der Waals surface area contributed by atoms with E-state index in [0.717, 1.165) is 41.8 Å². The summed E-state index contributed by atoms with van der Waals surface area (Å²) in [5, 5.41) is 3.50. The van der Waals surface area contributed by atoms with Crippen LogP contribution < -0.4 is 9.62 Å². The molecule has 0 radical (unpaired) electrons. The summed E-state index contributed by atoms with van der Waals surface area (Å²) in [5.74, 6) is -0.736. The Bertz CT molecular complexity index is 1140. The number of hydrogen-bond acceptors (Lipinski definition) is 4. The van der Waals surface area contributed by atoms with E-state index in [-0.39, 0.29) is 29.2 Å². The summed E-state index contributed by atoms with van der Waals surface area (Å²) in [4.78, 5) is 28.0. The molecule has 2 amide bonds. The first-order chi connectivity index (χ1) is 16.6. The number of carbonyl (C=O) groups is 2. The van der Waals surface area contributed by atoms with Crippen LogP contribution in [0.25, 0.3) is 0 Å². The Morgan fingerprint density at radius 2 is 1.74 bits per heavy atom. The molecule has 10 heteroatoms. The van der Waals surface area contributed by atoms with Crippen LogP contribution >= 0.6 is 23.2 Å². The minimum absolute atomic E-state index is 0.108. The largest absolute Gasteiger partial charge is 0.352 e. The molecule has 35 heavy (non-hydrogen) atoms. The number of benzene rings is 2. The van der Waals surface area contributed by atoms with Crippen LogP contribution in [-0.4, -0.2) is 56.6 Å². The van der Waals surface area contributed by atoms with Gasteiger partial charge in [-0.1, -0.05) is 66.4 Å². The highest BCUT2D eigenvalue weighted by molar-refractivity contribution is 7.92. The van der Waals surface area contributed by atoms with E-state index in [4.69, 9.17) is 23.2 Å². The number of nitrogens with zero attached hydrogens (tertiary/aromatic N) is 2. The van der Waals surface area contributed by atoms with Crippen molar-refractivity contribution in [3.63, 3.8) is 0 Å².